The van der Waals surface area contributed by atoms with Gasteiger partial charge in [-0.2, -0.15) is 0 Å². The lowest BCUT2D eigenvalue weighted by atomic mass is 10.00. The lowest BCUT2D eigenvalue weighted by Crippen LogP contribution is -2.18. The van der Waals surface area contributed by atoms with Gasteiger partial charge in [0.05, 0.1) is 5.92 Å². The molecule has 216 valence electrons. The van der Waals surface area contributed by atoms with Gasteiger partial charge in [-0.3, -0.25) is 14.4 Å². The summed E-state index contributed by atoms with van der Waals surface area (Å²) in [5, 5.41) is 2.83. The van der Waals surface area contributed by atoms with Crippen LogP contribution in [-0.2, 0) is 16.0 Å². The third-order valence-corrected chi connectivity index (χ3v) is 5.12. The van der Waals surface area contributed by atoms with E-state index in [4.69, 9.17) is 0 Å². The van der Waals surface area contributed by atoms with Crippen molar-refractivity contribution in [3.63, 3.8) is 0 Å². The van der Waals surface area contributed by atoms with Crippen LogP contribution in [0.15, 0.2) is 60.8 Å². The number of aryl methyl sites for hydroxylation is 1. The highest BCUT2D eigenvalue weighted by Gasteiger charge is 2.08. The minimum atomic E-state index is -0.0602. The van der Waals surface area contributed by atoms with Crippen LogP contribution in [0, 0.1) is 5.92 Å². The molecule has 2 aromatic carbocycles. The molecule has 0 aromatic heterocycles. The van der Waals surface area contributed by atoms with Crippen molar-refractivity contribution < 1.29 is 14.4 Å². The van der Waals surface area contributed by atoms with Crippen molar-refractivity contribution in [3.05, 3.63) is 71.9 Å². The SMILES string of the molecule is C=C(NC)C(C)C(C)=O.CC.CC.CC.CCC(=O)CCc1ccc(-c2ccc(C(C)=O)cc2)cc1.CN. The van der Waals surface area contributed by atoms with Crippen molar-refractivity contribution in [3.8, 4) is 11.1 Å². The second-order valence-electron chi connectivity index (χ2n) is 7.33. The highest BCUT2D eigenvalue weighted by Crippen LogP contribution is 2.21. The Morgan fingerprint density at radius 1 is 0.816 bits per heavy atom. The molecule has 0 saturated heterocycles. The van der Waals surface area contributed by atoms with Crippen molar-refractivity contribution in [2.24, 2.45) is 11.7 Å². The van der Waals surface area contributed by atoms with Crippen LogP contribution >= 0.6 is 0 Å². The van der Waals surface area contributed by atoms with Crippen LogP contribution < -0.4 is 11.1 Å². The van der Waals surface area contributed by atoms with Gasteiger partial charge in [-0.1, -0.05) is 104 Å². The number of ketones is 3. The summed E-state index contributed by atoms with van der Waals surface area (Å²) in [5.74, 6) is 0.473. The first-order valence-corrected chi connectivity index (χ1v) is 13.9. The summed E-state index contributed by atoms with van der Waals surface area (Å²) in [4.78, 5) is 33.2. The van der Waals surface area contributed by atoms with Gasteiger partial charge < -0.3 is 11.1 Å². The van der Waals surface area contributed by atoms with Crippen LogP contribution in [0.3, 0.4) is 0 Å². The van der Waals surface area contributed by atoms with E-state index in [0.717, 1.165) is 28.8 Å². The van der Waals surface area contributed by atoms with Crippen molar-refractivity contribution in [2.75, 3.05) is 14.1 Å². The lowest BCUT2D eigenvalue weighted by Gasteiger charge is -2.09. The number of hydrogen-bond acceptors (Lipinski definition) is 5. The quantitative estimate of drug-likeness (QED) is 0.321. The van der Waals surface area contributed by atoms with Crippen molar-refractivity contribution in [1.29, 1.82) is 0 Å². The van der Waals surface area contributed by atoms with Crippen LogP contribution in [0.1, 0.15) is 98.0 Å². The number of rotatable bonds is 9. The number of hydrogen-bond donors (Lipinski definition) is 2. The zero-order valence-electron chi connectivity index (χ0n) is 26.3. The smallest absolute Gasteiger partial charge is 0.159 e. The fourth-order valence-corrected chi connectivity index (χ4v) is 2.68. The maximum Gasteiger partial charge on any atom is 0.159 e. The number of allylic oxidation sites excluding steroid dienone is 1. The van der Waals surface area contributed by atoms with Gasteiger partial charge in [0.15, 0.2) is 5.78 Å². The number of nitrogens with two attached hydrogens (primary N) is 1. The van der Waals surface area contributed by atoms with Crippen molar-refractivity contribution in [1.82, 2.24) is 5.32 Å². The Morgan fingerprint density at radius 3 is 1.50 bits per heavy atom. The highest BCUT2D eigenvalue weighted by atomic mass is 16.1. The molecule has 1 unspecified atom stereocenters. The van der Waals surface area contributed by atoms with Gasteiger partial charge in [0, 0.05) is 31.1 Å². The molecule has 0 heterocycles. The molecule has 0 aliphatic carbocycles. The molecular weight excluding hydrogens is 472 g/mol. The summed E-state index contributed by atoms with van der Waals surface area (Å²) < 4.78 is 0. The maximum atomic E-state index is 11.3. The van der Waals surface area contributed by atoms with E-state index in [-0.39, 0.29) is 17.5 Å². The summed E-state index contributed by atoms with van der Waals surface area (Å²) in [6.45, 7) is 22.5. The lowest BCUT2D eigenvalue weighted by molar-refractivity contribution is -0.119. The number of Topliss-reactive ketones (excluding diaryl/α,β-unsaturated/α-hetero) is 3. The van der Waals surface area contributed by atoms with Gasteiger partial charge in [-0.25, -0.2) is 0 Å². The highest BCUT2D eigenvalue weighted by molar-refractivity contribution is 5.94. The molecule has 0 fully saturated rings. The van der Waals surface area contributed by atoms with E-state index in [1.165, 1.54) is 12.6 Å². The molecule has 5 nitrogen and oxygen atoms in total. The van der Waals surface area contributed by atoms with Crippen molar-refractivity contribution >= 4 is 17.3 Å². The first-order chi connectivity index (χ1) is 18.2. The van der Waals surface area contributed by atoms with E-state index < -0.39 is 0 Å². The predicted octanol–water partition coefficient (Wildman–Crippen LogP) is 8.07. The minimum absolute atomic E-state index is 0.0602. The van der Waals surface area contributed by atoms with E-state index in [1.807, 2.05) is 79.7 Å². The summed E-state index contributed by atoms with van der Waals surface area (Å²) in [5.41, 5.74) is 9.41. The average Bonchev–Trinajstić information content (AvgIpc) is 2.99. The van der Waals surface area contributed by atoms with Gasteiger partial charge >= 0.3 is 0 Å². The van der Waals surface area contributed by atoms with Crippen LogP contribution in [0.4, 0.5) is 0 Å². The van der Waals surface area contributed by atoms with Gasteiger partial charge in [0.1, 0.15) is 11.6 Å². The number of nitrogens with one attached hydrogen (secondary N) is 1. The summed E-state index contributed by atoms with van der Waals surface area (Å²) in [6, 6.07) is 15.9. The first-order valence-electron chi connectivity index (χ1n) is 13.9. The van der Waals surface area contributed by atoms with E-state index in [2.05, 4.69) is 41.9 Å². The summed E-state index contributed by atoms with van der Waals surface area (Å²) >= 11 is 0. The Bertz CT molecular complexity index is 870. The van der Waals surface area contributed by atoms with Crippen LogP contribution in [-0.4, -0.2) is 31.4 Å². The number of benzene rings is 2. The standard InChI is InChI=1S/C19H20O2.C7H13NO.3C2H6.CH5N/c1-3-19(21)13-6-15-4-7-17(8-5-15)18-11-9-16(10-12-18)14(2)20;1-5(7(3)9)6(2)8-4;4*1-2/h4-5,7-12H,3,6,13H2,1-2H3;5,8H,2H2,1,3-4H3;3*1-2H3;2H2,1H3. The Balaban J connectivity index is -0.000000286. The molecule has 0 bridgehead atoms. The van der Waals surface area contributed by atoms with Crippen molar-refractivity contribution in [2.45, 2.75) is 88.5 Å². The molecular formula is C33H56N2O3. The summed E-state index contributed by atoms with van der Waals surface area (Å²) in [7, 11) is 3.27. The topological polar surface area (TPSA) is 89.3 Å². The Morgan fingerprint density at radius 2 is 1.21 bits per heavy atom. The third kappa shape index (κ3) is 19.1. The van der Waals surface area contributed by atoms with Gasteiger partial charge in [-0.15, -0.1) is 0 Å². The van der Waals surface area contributed by atoms with E-state index in [0.29, 0.717) is 18.6 Å². The Labute approximate surface area is 234 Å². The monoisotopic (exact) mass is 528 g/mol. The molecule has 3 N–H and O–H groups in total. The largest absolute Gasteiger partial charge is 0.391 e. The Hall–Kier alpha value is -3.05. The normalized spacial score (nSPS) is 9.29. The van der Waals surface area contributed by atoms with E-state index in [9.17, 15) is 14.4 Å². The maximum absolute atomic E-state index is 11.3. The minimum Gasteiger partial charge on any atom is -0.391 e. The number of carbonyl (C=O) groups is 3. The summed E-state index contributed by atoms with van der Waals surface area (Å²) in [6.07, 6.45) is 2.03. The second kappa shape index (κ2) is 28.5. The zero-order valence-corrected chi connectivity index (χ0v) is 26.3. The second-order valence-corrected chi connectivity index (χ2v) is 7.33. The number of carbonyl (C=O) groups excluding carboxylic acids is 3. The van der Waals surface area contributed by atoms with Gasteiger partial charge in [0.2, 0.25) is 0 Å². The Kier molecular flexibility index (Phi) is 31.6. The third-order valence-electron chi connectivity index (χ3n) is 5.12. The molecule has 2 rings (SSSR count). The molecule has 2 aromatic rings. The molecule has 0 saturated carbocycles. The molecule has 0 radical (unpaired) electrons. The first kappa shape index (κ1) is 42.1. The zero-order chi connectivity index (χ0) is 30.7. The van der Waals surface area contributed by atoms with Crippen LogP contribution in [0.5, 0.6) is 0 Å². The molecule has 1 atom stereocenters. The van der Waals surface area contributed by atoms with E-state index >= 15 is 0 Å². The molecule has 0 aliphatic rings. The van der Waals surface area contributed by atoms with Crippen LogP contribution in [0.2, 0.25) is 0 Å². The molecule has 5 heteroatoms. The predicted molar refractivity (Wildman–Crippen MR) is 168 cm³/mol. The molecule has 0 amide bonds. The fourth-order valence-electron chi connectivity index (χ4n) is 2.68. The molecule has 0 aliphatic heterocycles. The average molecular weight is 529 g/mol. The van der Waals surface area contributed by atoms with Crippen LogP contribution in [0.25, 0.3) is 11.1 Å². The molecule has 0 spiro atoms. The van der Waals surface area contributed by atoms with Gasteiger partial charge in [-0.05, 0) is 50.9 Å². The van der Waals surface area contributed by atoms with Gasteiger partial charge in [0.25, 0.3) is 0 Å². The van der Waals surface area contributed by atoms with E-state index in [1.54, 1.807) is 20.9 Å². The fraction of sp³-hybridized carbons (Fsp3) is 0.485. The molecule has 38 heavy (non-hydrogen) atoms.